The Hall–Kier alpha value is -2.74. The molecule has 0 amide bonds. The lowest BCUT2D eigenvalue weighted by Gasteiger charge is -1.91. The largest absolute Gasteiger partial charge is 0.481 e. The van der Waals surface area contributed by atoms with Crippen molar-refractivity contribution in [2.75, 3.05) is 0 Å². The summed E-state index contributed by atoms with van der Waals surface area (Å²) in [6, 6.07) is 6.65. The molecule has 0 aliphatic heterocycles. The first-order chi connectivity index (χ1) is 8.56. The van der Waals surface area contributed by atoms with E-state index in [1.165, 1.54) is 6.07 Å². The molecule has 1 heterocycles. The second-order valence-electron chi connectivity index (χ2n) is 3.66. The van der Waals surface area contributed by atoms with E-state index in [0.717, 1.165) is 5.39 Å². The lowest BCUT2D eigenvalue weighted by molar-refractivity contribution is -0.135. The minimum absolute atomic E-state index is 0.112. The number of carboxylic acid groups (broad SMARTS) is 2. The highest BCUT2D eigenvalue weighted by molar-refractivity contribution is 5.94. The maximum atomic E-state index is 10.8. The molecule has 5 nitrogen and oxygen atoms in total. The van der Waals surface area contributed by atoms with Gasteiger partial charge in [0, 0.05) is 16.5 Å². The zero-order valence-corrected chi connectivity index (χ0v) is 9.23. The number of fused-ring (bicyclic) bond motifs is 1. The molecular formula is C13H9NO4. The van der Waals surface area contributed by atoms with Crippen LogP contribution in [0.25, 0.3) is 10.9 Å². The molecule has 0 saturated carbocycles. The van der Waals surface area contributed by atoms with Crippen molar-refractivity contribution in [1.82, 2.24) is 4.98 Å². The third-order valence-corrected chi connectivity index (χ3v) is 2.32. The average Bonchev–Trinajstić information content (AvgIpc) is 2.71. The first-order valence-electron chi connectivity index (χ1n) is 5.13. The summed E-state index contributed by atoms with van der Waals surface area (Å²) < 4.78 is 0. The monoisotopic (exact) mass is 243 g/mol. The van der Waals surface area contributed by atoms with Crippen molar-refractivity contribution in [3.63, 3.8) is 0 Å². The second kappa shape index (κ2) is 4.63. The number of H-pyrrole nitrogens is 1. The Morgan fingerprint density at radius 3 is 2.67 bits per heavy atom. The van der Waals surface area contributed by atoms with Gasteiger partial charge in [0.15, 0.2) is 0 Å². The van der Waals surface area contributed by atoms with E-state index in [4.69, 9.17) is 10.2 Å². The van der Waals surface area contributed by atoms with Gasteiger partial charge in [0.05, 0.1) is 0 Å². The van der Waals surface area contributed by atoms with Crippen molar-refractivity contribution < 1.29 is 19.8 Å². The van der Waals surface area contributed by atoms with Crippen molar-refractivity contribution >= 4 is 22.8 Å². The van der Waals surface area contributed by atoms with Gasteiger partial charge in [0.2, 0.25) is 0 Å². The average molecular weight is 243 g/mol. The van der Waals surface area contributed by atoms with Crippen LogP contribution in [0.15, 0.2) is 24.3 Å². The van der Waals surface area contributed by atoms with E-state index in [1.54, 1.807) is 18.2 Å². The van der Waals surface area contributed by atoms with E-state index < -0.39 is 11.9 Å². The van der Waals surface area contributed by atoms with Gasteiger partial charge in [0.25, 0.3) is 0 Å². The fraction of sp³-hybridized carbons (Fsp3) is 0.0769. The van der Waals surface area contributed by atoms with Crippen molar-refractivity contribution in [3.05, 3.63) is 35.5 Å². The third-order valence-electron chi connectivity index (χ3n) is 2.32. The van der Waals surface area contributed by atoms with Crippen LogP contribution >= 0.6 is 0 Å². The second-order valence-corrected chi connectivity index (χ2v) is 3.66. The number of benzene rings is 1. The van der Waals surface area contributed by atoms with Gasteiger partial charge in [-0.1, -0.05) is 11.8 Å². The van der Waals surface area contributed by atoms with Crippen LogP contribution in [0.2, 0.25) is 0 Å². The summed E-state index contributed by atoms with van der Waals surface area (Å²) in [5.74, 6) is 3.24. The van der Waals surface area contributed by atoms with Gasteiger partial charge in [-0.15, -0.1) is 0 Å². The number of carbonyl (C=O) groups is 2. The fourth-order valence-corrected chi connectivity index (χ4v) is 1.55. The van der Waals surface area contributed by atoms with Gasteiger partial charge in [-0.2, -0.15) is 0 Å². The summed E-state index contributed by atoms with van der Waals surface area (Å²) in [5, 5.41) is 18.0. The number of aromatic nitrogens is 1. The molecule has 0 aliphatic rings. The SMILES string of the molecule is O=C(O)CC#Cc1ccc2[nH]c(C(=O)O)cc2c1. The fourth-order valence-electron chi connectivity index (χ4n) is 1.55. The molecule has 5 heteroatoms. The van der Waals surface area contributed by atoms with E-state index in [-0.39, 0.29) is 12.1 Å². The molecule has 0 aliphatic carbocycles. The third kappa shape index (κ3) is 2.50. The van der Waals surface area contributed by atoms with E-state index in [0.29, 0.717) is 11.1 Å². The Labute approximate surface area is 102 Å². The van der Waals surface area contributed by atoms with Crippen LogP contribution in [-0.2, 0) is 4.79 Å². The molecule has 1 aromatic heterocycles. The maximum absolute atomic E-state index is 10.8. The number of hydrogen-bond donors (Lipinski definition) is 3. The number of hydrogen-bond acceptors (Lipinski definition) is 2. The Kier molecular flexibility index (Phi) is 3.02. The van der Waals surface area contributed by atoms with Gasteiger partial charge >= 0.3 is 11.9 Å². The predicted octanol–water partition coefficient (Wildman–Crippen LogP) is 1.69. The molecule has 2 aromatic rings. The molecule has 0 spiro atoms. The van der Waals surface area contributed by atoms with Crippen LogP contribution in [0.3, 0.4) is 0 Å². The van der Waals surface area contributed by atoms with Crippen LogP contribution < -0.4 is 0 Å². The van der Waals surface area contributed by atoms with Gasteiger partial charge in [-0.3, -0.25) is 4.79 Å². The Balaban J connectivity index is 2.34. The van der Waals surface area contributed by atoms with E-state index in [9.17, 15) is 9.59 Å². The van der Waals surface area contributed by atoms with Crippen LogP contribution in [0, 0.1) is 11.8 Å². The number of aliphatic carboxylic acids is 1. The standard InChI is InChI=1S/C13H9NO4/c15-12(16)3-1-2-8-4-5-10-9(6-8)7-11(14-10)13(17)18/h4-7,14H,3H2,(H,15,16)(H,17,18). The van der Waals surface area contributed by atoms with E-state index in [2.05, 4.69) is 16.8 Å². The highest BCUT2D eigenvalue weighted by Gasteiger charge is 2.06. The Morgan fingerprint density at radius 1 is 1.22 bits per heavy atom. The highest BCUT2D eigenvalue weighted by Crippen LogP contribution is 2.16. The summed E-state index contributed by atoms with van der Waals surface area (Å²) in [5.41, 5.74) is 1.47. The van der Waals surface area contributed by atoms with Crippen LogP contribution in [0.5, 0.6) is 0 Å². The van der Waals surface area contributed by atoms with Crippen molar-refractivity contribution in [1.29, 1.82) is 0 Å². The molecule has 0 unspecified atom stereocenters. The summed E-state index contributed by atoms with van der Waals surface area (Å²) >= 11 is 0. The number of nitrogens with one attached hydrogen (secondary N) is 1. The molecule has 0 fully saturated rings. The number of rotatable bonds is 2. The molecule has 1 aromatic carbocycles. The molecule has 18 heavy (non-hydrogen) atoms. The van der Waals surface area contributed by atoms with Crippen LogP contribution in [0.4, 0.5) is 0 Å². The van der Waals surface area contributed by atoms with Gasteiger partial charge in [0.1, 0.15) is 12.1 Å². The molecule has 0 bridgehead atoms. The van der Waals surface area contributed by atoms with E-state index in [1.807, 2.05) is 0 Å². The topological polar surface area (TPSA) is 90.4 Å². The lowest BCUT2D eigenvalue weighted by Crippen LogP contribution is -1.94. The van der Waals surface area contributed by atoms with Gasteiger partial charge in [-0.25, -0.2) is 4.79 Å². The molecule has 2 rings (SSSR count). The molecule has 0 radical (unpaired) electrons. The first-order valence-corrected chi connectivity index (χ1v) is 5.13. The smallest absolute Gasteiger partial charge is 0.352 e. The van der Waals surface area contributed by atoms with E-state index >= 15 is 0 Å². The summed E-state index contributed by atoms with van der Waals surface area (Å²) in [7, 11) is 0. The number of aromatic carboxylic acids is 1. The quantitative estimate of drug-likeness (QED) is 0.700. The lowest BCUT2D eigenvalue weighted by atomic mass is 10.1. The minimum atomic E-state index is -1.02. The summed E-state index contributed by atoms with van der Waals surface area (Å²) in [6.45, 7) is 0. The molecule has 3 N–H and O–H groups in total. The Bertz CT molecular complexity index is 688. The molecule has 0 saturated heterocycles. The zero-order valence-electron chi connectivity index (χ0n) is 9.23. The summed E-state index contributed by atoms with van der Waals surface area (Å²) in [4.78, 5) is 23.8. The minimum Gasteiger partial charge on any atom is -0.481 e. The Morgan fingerprint density at radius 2 is 2.00 bits per heavy atom. The molecule has 90 valence electrons. The highest BCUT2D eigenvalue weighted by atomic mass is 16.4. The van der Waals surface area contributed by atoms with Gasteiger partial charge in [-0.05, 0) is 24.3 Å². The van der Waals surface area contributed by atoms with Crippen molar-refractivity contribution in [2.24, 2.45) is 0 Å². The summed E-state index contributed by atoms with van der Waals surface area (Å²) in [6.07, 6.45) is -0.217. The van der Waals surface area contributed by atoms with Crippen LogP contribution in [0.1, 0.15) is 22.5 Å². The molecule has 0 atom stereocenters. The number of carboxylic acids is 2. The zero-order chi connectivity index (χ0) is 13.1. The van der Waals surface area contributed by atoms with Crippen molar-refractivity contribution in [3.8, 4) is 11.8 Å². The normalized spacial score (nSPS) is 9.78. The predicted molar refractivity (Wildman–Crippen MR) is 64.4 cm³/mol. The van der Waals surface area contributed by atoms with Gasteiger partial charge < -0.3 is 15.2 Å². The van der Waals surface area contributed by atoms with Crippen molar-refractivity contribution in [2.45, 2.75) is 6.42 Å². The maximum Gasteiger partial charge on any atom is 0.352 e. The number of aromatic amines is 1. The first kappa shape index (κ1) is 11.7. The van der Waals surface area contributed by atoms with Crippen LogP contribution in [-0.4, -0.2) is 27.1 Å². The molecular weight excluding hydrogens is 234 g/mol.